The molecule has 0 radical (unpaired) electrons. The van der Waals surface area contributed by atoms with Gasteiger partial charge in [0.2, 0.25) is 0 Å². The molecule has 0 unspecified atom stereocenters. The van der Waals surface area contributed by atoms with Crippen molar-refractivity contribution in [2.24, 2.45) is 0 Å². The summed E-state index contributed by atoms with van der Waals surface area (Å²) in [5.74, 6) is 1.46. The predicted molar refractivity (Wildman–Crippen MR) is 72.9 cm³/mol. The summed E-state index contributed by atoms with van der Waals surface area (Å²) in [5.41, 5.74) is 1.72. The van der Waals surface area contributed by atoms with Crippen molar-refractivity contribution in [3.05, 3.63) is 36.4 Å². The van der Waals surface area contributed by atoms with Gasteiger partial charge in [-0.1, -0.05) is 12.1 Å². The van der Waals surface area contributed by atoms with Gasteiger partial charge in [-0.05, 0) is 24.3 Å². The third-order valence-electron chi connectivity index (χ3n) is 2.71. The van der Waals surface area contributed by atoms with E-state index in [1.54, 1.807) is 19.1 Å². The van der Waals surface area contributed by atoms with Crippen LogP contribution >= 0.6 is 0 Å². The van der Waals surface area contributed by atoms with Gasteiger partial charge in [0.25, 0.3) is 0 Å². The van der Waals surface area contributed by atoms with Crippen molar-refractivity contribution < 1.29 is 4.74 Å². The Kier molecular flexibility index (Phi) is 3.94. The van der Waals surface area contributed by atoms with Crippen molar-refractivity contribution in [1.29, 1.82) is 5.26 Å². The van der Waals surface area contributed by atoms with E-state index in [0.29, 0.717) is 5.82 Å². The second-order valence-electron chi connectivity index (χ2n) is 4.02. The highest BCUT2D eigenvalue weighted by Crippen LogP contribution is 2.22. The van der Waals surface area contributed by atoms with Gasteiger partial charge in [-0.15, -0.1) is 10.2 Å². The monoisotopic (exact) mass is 254 g/mol. The zero-order chi connectivity index (χ0) is 13.7. The molecular weight excluding hydrogens is 240 g/mol. The molecule has 0 aliphatic carbocycles. The van der Waals surface area contributed by atoms with Crippen molar-refractivity contribution in [2.45, 2.75) is 0 Å². The third-order valence-corrected chi connectivity index (χ3v) is 2.71. The molecular formula is C14H14N4O. The largest absolute Gasteiger partial charge is 0.497 e. The molecule has 0 N–H and O–H groups in total. The minimum atomic E-state index is 0.285. The number of aromatic nitrogens is 2. The fraction of sp³-hybridized carbons (Fsp3) is 0.214. The van der Waals surface area contributed by atoms with Crippen LogP contribution in [0.5, 0.6) is 5.75 Å². The average molecular weight is 254 g/mol. The maximum Gasteiger partial charge on any atom is 0.151 e. The summed E-state index contributed by atoms with van der Waals surface area (Å²) in [6.07, 6.45) is 0. The molecule has 2 aromatic rings. The number of anilines is 1. The quantitative estimate of drug-likeness (QED) is 0.782. The summed E-state index contributed by atoms with van der Waals surface area (Å²) >= 11 is 0. The molecule has 96 valence electrons. The maximum absolute atomic E-state index is 8.63. The first kappa shape index (κ1) is 12.8. The van der Waals surface area contributed by atoms with Crippen LogP contribution in [0.25, 0.3) is 11.3 Å². The lowest BCUT2D eigenvalue weighted by Crippen LogP contribution is -2.18. The maximum atomic E-state index is 8.63. The molecule has 1 heterocycles. The minimum Gasteiger partial charge on any atom is -0.497 e. The topological polar surface area (TPSA) is 62.0 Å². The highest BCUT2D eigenvalue weighted by atomic mass is 16.5. The van der Waals surface area contributed by atoms with Gasteiger partial charge in [0.15, 0.2) is 5.82 Å². The number of rotatable bonds is 4. The Labute approximate surface area is 112 Å². The van der Waals surface area contributed by atoms with Crippen molar-refractivity contribution in [3.8, 4) is 23.1 Å². The molecule has 0 saturated heterocycles. The van der Waals surface area contributed by atoms with Crippen LogP contribution < -0.4 is 9.64 Å². The molecule has 0 aliphatic heterocycles. The zero-order valence-corrected chi connectivity index (χ0v) is 10.9. The molecule has 0 atom stereocenters. The van der Waals surface area contributed by atoms with Gasteiger partial charge >= 0.3 is 0 Å². The highest BCUT2D eigenvalue weighted by Gasteiger charge is 2.05. The Morgan fingerprint density at radius 1 is 1.26 bits per heavy atom. The Hall–Kier alpha value is -2.61. The van der Waals surface area contributed by atoms with E-state index < -0.39 is 0 Å². The summed E-state index contributed by atoms with van der Waals surface area (Å²) in [7, 11) is 3.43. The van der Waals surface area contributed by atoms with Gasteiger partial charge in [0, 0.05) is 12.6 Å². The van der Waals surface area contributed by atoms with E-state index >= 15 is 0 Å². The Balaban J connectivity index is 2.25. The molecule has 19 heavy (non-hydrogen) atoms. The molecule has 0 fully saturated rings. The van der Waals surface area contributed by atoms with Crippen molar-refractivity contribution >= 4 is 5.82 Å². The number of ether oxygens (including phenoxy) is 1. The minimum absolute atomic E-state index is 0.285. The number of nitrogens with zero attached hydrogens (tertiary/aromatic N) is 4. The van der Waals surface area contributed by atoms with Gasteiger partial charge in [-0.25, -0.2) is 0 Å². The summed E-state index contributed by atoms with van der Waals surface area (Å²) in [6, 6.07) is 13.4. The fourth-order valence-corrected chi connectivity index (χ4v) is 1.65. The molecule has 0 amide bonds. The van der Waals surface area contributed by atoms with Crippen LogP contribution in [0.3, 0.4) is 0 Å². The lowest BCUT2D eigenvalue weighted by molar-refractivity contribution is 0.415. The standard InChI is InChI=1S/C14H14N4O/c1-18(9-8-15)14-7-6-13(16-17-14)11-4-3-5-12(10-11)19-2/h3-7,10H,9H2,1-2H3. The number of methoxy groups -OCH3 is 1. The second-order valence-corrected chi connectivity index (χ2v) is 4.02. The van der Waals surface area contributed by atoms with E-state index in [9.17, 15) is 0 Å². The van der Waals surface area contributed by atoms with Crippen LogP contribution in [-0.2, 0) is 0 Å². The first-order chi connectivity index (χ1) is 9.24. The molecule has 5 heteroatoms. The van der Waals surface area contributed by atoms with E-state index in [1.165, 1.54) is 0 Å². The van der Waals surface area contributed by atoms with Crippen LogP contribution in [-0.4, -0.2) is 30.9 Å². The summed E-state index contributed by atoms with van der Waals surface area (Å²) in [4.78, 5) is 1.74. The Morgan fingerprint density at radius 3 is 2.74 bits per heavy atom. The first-order valence-corrected chi connectivity index (χ1v) is 5.81. The van der Waals surface area contributed by atoms with Crippen LogP contribution in [0.15, 0.2) is 36.4 Å². The van der Waals surface area contributed by atoms with E-state index in [-0.39, 0.29) is 6.54 Å². The van der Waals surface area contributed by atoms with Crippen LogP contribution in [0, 0.1) is 11.3 Å². The second kappa shape index (κ2) is 5.83. The normalized spacial score (nSPS) is 9.74. The van der Waals surface area contributed by atoms with Gasteiger partial charge in [-0.3, -0.25) is 0 Å². The van der Waals surface area contributed by atoms with Gasteiger partial charge in [0.05, 0.1) is 18.9 Å². The van der Waals surface area contributed by atoms with Crippen molar-refractivity contribution in [1.82, 2.24) is 10.2 Å². The molecule has 0 aliphatic rings. The van der Waals surface area contributed by atoms with Crippen LogP contribution in [0.1, 0.15) is 0 Å². The van der Waals surface area contributed by atoms with E-state index in [0.717, 1.165) is 17.0 Å². The molecule has 0 bridgehead atoms. The molecule has 0 spiro atoms. The Bertz CT molecular complexity index is 589. The van der Waals surface area contributed by atoms with Crippen molar-refractivity contribution in [2.75, 3.05) is 25.6 Å². The fourth-order valence-electron chi connectivity index (χ4n) is 1.65. The number of nitriles is 1. The predicted octanol–water partition coefficient (Wildman–Crippen LogP) is 2.11. The van der Waals surface area contributed by atoms with Crippen LogP contribution in [0.4, 0.5) is 5.82 Å². The highest BCUT2D eigenvalue weighted by molar-refractivity contribution is 5.61. The Morgan fingerprint density at radius 2 is 2.11 bits per heavy atom. The molecule has 1 aromatic heterocycles. The zero-order valence-electron chi connectivity index (χ0n) is 10.9. The molecule has 5 nitrogen and oxygen atoms in total. The van der Waals surface area contributed by atoms with Gasteiger partial charge in [-0.2, -0.15) is 5.26 Å². The number of hydrogen-bond donors (Lipinski definition) is 0. The van der Waals surface area contributed by atoms with Crippen molar-refractivity contribution in [3.63, 3.8) is 0 Å². The van der Waals surface area contributed by atoms with E-state index in [2.05, 4.69) is 16.3 Å². The molecule has 2 rings (SSSR count). The third kappa shape index (κ3) is 2.99. The van der Waals surface area contributed by atoms with E-state index in [4.69, 9.17) is 10.00 Å². The van der Waals surface area contributed by atoms with Crippen LogP contribution in [0.2, 0.25) is 0 Å². The average Bonchev–Trinajstić information content (AvgIpc) is 2.48. The number of hydrogen-bond acceptors (Lipinski definition) is 5. The molecule has 0 saturated carbocycles. The van der Waals surface area contributed by atoms with E-state index in [1.807, 2.05) is 36.4 Å². The lowest BCUT2D eigenvalue weighted by atomic mass is 10.1. The first-order valence-electron chi connectivity index (χ1n) is 5.81. The SMILES string of the molecule is COc1cccc(-c2ccc(N(C)CC#N)nn2)c1. The summed E-state index contributed by atoms with van der Waals surface area (Å²) in [5, 5.41) is 16.9. The number of benzene rings is 1. The summed E-state index contributed by atoms with van der Waals surface area (Å²) < 4.78 is 5.18. The lowest BCUT2D eigenvalue weighted by Gasteiger charge is -2.13. The smallest absolute Gasteiger partial charge is 0.151 e. The van der Waals surface area contributed by atoms with Gasteiger partial charge < -0.3 is 9.64 Å². The summed E-state index contributed by atoms with van der Waals surface area (Å²) in [6.45, 7) is 0.285. The van der Waals surface area contributed by atoms with Gasteiger partial charge in [0.1, 0.15) is 12.3 Å². The molecule has 1 aromatic carbocycles.